The lowest BCUT2D eigenvalue weighted by atomic mass is 10.1. The Bertz CT molecular complexity index is 849. The highest BCUT2D eigenvalue weighted by Gasteiger charge is 2.25. The van der Waals surface area contributed by atoms with Crippen LogP contribution in [0.3, 0.4) is 0 Å². The minimum Gasteiger partial charge on any atom is -0.504 e. The summed E-state index contributed by atoms with van der Waals surface area (Å²) in [5, 5.41) is 15.5. The predicted octanol–water partition coefficient (Wildman–Crippen LogP) is 2.67. The Labute approximate surface area is 155 Å². The number of nitrogens with one attached hydrogen (secondary N) is 2. The molecule has 1 unspecified atom stereocenters. The maximum absolute atomic E-state index is 13.0. The second-order valence-electron chi connectivity index (χ2n) is 6.28. The summed E-state index contributed by atoms with van der Waals surface area (Å²) in [5.41, 5.74) is 1.08. The molecule has 2 aromatic rings. The Balaban J connectivity index is 1.84. The van der Waals surface area contributed by atoms with Crippen molar-refractivity contribution >= 4 is 17.5 Å². The first-order chi connectivity index (χ1) is 12.9. The highest BCUT2D eigenvalue weighted by Crippen LogP contribution is 2.34. The smallest absolute Gasteiger partial charge is 0.274 e. The van der Waals surface area contributed by atoms with Gasteiger partial charge in [0.05, 0.1) is 17.5 Å². The molecule has 2 heterocycles. The SMILES string of the molecule is CC(=O)Nc1cc(C2CCCO2)nc(C(=O)NCc2ccc(F)cc2)c1O. The van der Waals surface area contributed by atoms with Gasteiger partial charge in [-0.3, -0.25) is 9.59 Å². The monoisotopic (exact) mass is 373 g/mol. The number of benzene rings is 1. The molecule has 7 nitrogen and oxygen atoms in total. The van der Waals surface area contributed by atoms with Gasteiger partial charge in [0.25, 0.3) is 5.91 Å². The van der Waals surface area contributed by atoms with Crippen molar-refractivity contribution in [3.63, 3.8) is 0 Å². The molecule has 1 saturated heterocycles. The normalized spacial score (nSPS) is 16.1. The number of hydrogen-bond donors (Lipinski definition) is 3. The molecule has 1 fully saturated rings. The van der Waals surface area contributed by atoms with E-state index in [2.05, 4.69) is 15.6 Å². The molecule has 3 N–H and O–H groups in total. The molecular weight excluding hydrogens is 353 g/mol. The van der Waals surface area contributed by atoms with Crippen molar-refractivity contribution < 1.29 is 23.8 Å². The zero-order valence-corrected chi connectivity index (χ0v) is 14.8. The average Bonchev–Trinajstić information content (AvgIpc) is 3.17. The largest absolute Gasteiger partial charge is 0.504 e. The molecule has 1 atom stereocenters. The van der Waals surface area contributed by atoms with E-state index >= 15 is 0 Å². The predicted molar refractivity (Wildman–Crippen MR) is 95.7 cm³/mol. The average molecular weight is 373 g/mol. The molecule has 1 aliphatic rings. The highest BCUT2D eigenvalue weighted by molar-refractivity contribution is 5.99. The standard InChI is InChI=1S/C19H20FN3O4/c1-11(24)22-15-9-14(16-3-2-8-27-16)23-17(18(15)25)19(26)21-10-12-4-6-13(20)7-5-12/h4-7,9,16,25H,2-3,8,10H2,1H3,(H,21,26)(H,22,23,24). The van der Waals surface area contributed by atoms with E-state index in [4.69, 9.17) is 4.74 Å². The molecule has 8 heteroatoms. The van der Waals surface area contributed by atoms with Gasteiger partial charge in [0.2, 0.25) is 5.91 Å². The lowest BCUT2D eigenvalue weighted by Crippen LogP contribution is -2.25. The Morgan fingerprint density at radius 2 is 2.07 bits per heavy atom. The second-order valence-corrected chi connectivity index (χ2v) is 6.28. The van der Waals surface area contributed by atoms with Gasteiger partial charge in [0.1, 0.15) is 5.82 Å². The van der Waals surface area contributed by atoms with Crippen LogP contribution in [0.15, 0.2) is 30.3 Å². The van der Waals surface area contributed by atoms with Crippen molar-refractivity contribution in [2.75, 3.05) is 11.9 Å². The summed E-state index contributed by atoms with van der Waals surface area (Å²) in [5.74, 6) is -1.77. The quantitative estimate of drug-likeness (QED) is 0.748. The van der Waals surface area contributed by atoms with E-state index in [1.54, 1.807) is 12.1 Å². The van der Waals surface area contributed by atoms with Gasteiger partial charge in [-0.25, -0.2) is 9.37 Å². The topological polar surface area (TPSA) is 101 Å². The van der Waals surface area contributed by atoms with E-state index in [-0.39, 0.29) is 35.8 Å². The first-order valence-electron chi connectivity index (χ1n) is 8.60. The number of carbonyl (C=O) groups excluding carboxylic acids is 2. The summed E-state index contributed by atoms with van der Waals surface area (Å²) in [7, 11) is 0. The summed E-state index contributed by atoms with van der Waals surface area (Å²) in [6.45, 7) is 2.04. The zero-order valence-electron chi connectivity index (χ0n) is 14.8. The van der Waals surface area contributed by atoms with Crippen LogP contribution in [0.2, 0.25) is 0 Å². The summed E-state index contributed by atoms with van der Waals surface area (Å²) in [4.78, 5) is 28.2. The number of ether oxygens (including phenoxy) is 1. The molecule has 27 heavy (non-hydrogen) atoms. The molecular formula is C19H20FN3O4. The van der Waals surface area contributed by atoms with Gasteiger partial charge >= 0.3 is 0 Å². The third-order valence-electron chi connectivity index (χ3n) is 4.16. The van der Waals surface area contributed by atoms with E-state index < -0.39 is 11.7 Å². The fourth-order valence-corrected chi connectivity index (χ4v) is 2.85. The van der Waals surface area contributed by atoms with Gasteiger partial charge < -0.3 is 20.5 Å². The number of carbonyl (C=O) groups is 2. The van der Waals surface area contributed by atoms with Crippen LogP contribution >= 0.6 is 0 Å². The lowest BCUT2D eigenvalue weighted by Gasteiger charge is -2.15. The molecule has 0 spiro atoms. The van der Waals surface area contributed by atoms with E-state index in [0.717, 1.165) is 12.8 Å². The third-order valence-corrected chi connectivity index (χ3v) is 4.16. The summed E-state index contributed by atoms with van der Waals surface area (Å²) in [6.07, 6.45) is 1.32. The second kappa shape index (κ2) is 8.13. The Morgan fingerprint density at radius 1 is 1.33 bits per heavy atom. The fourth-order valence-electron chi connectivity index (χ4n) is 2.85. The third kappa shape index (κ3) is 4.59. The Morgan fingerprint density at radius 3 is 2.70 bits per heavy atom. The number of amides is 2. The van der Waals surface area contributed by atoms with Crippen molar-refractivity contribution in [1.82, 2.24) is 10.3 Å². The lowest BCUT2D eigenvalue weighted by molar-refractivity contribution is -0.114. The van der Waals surface area contributed by atoms with E-state index in [9.17, 15) is 19.1 Å². The Hall–Kier alpha value is -3.00. The molecule has 0 aliphatic carbocycles. The van der Waals surface area contributed by atoms with Crippen molar-refractivity contribution in [3.8, 4) is 5.75 Å². The first-order valence-corrected chi connectivity index (χ1v) is 8.60. The molecule has 1 aromatic carbocycles. The minimum absolute atomic E-state index is 0.106. The van der Waals surface area contributed by atoms with Gasteiger partial charge in [-0.2, -0.15) is 0 Å². The van der Waals surface area contributed by atoms with Crippen LogP contribution < -0.4 is 10.6 Å². The zero-order chi connectivity index (χ0) is 19.4. The summed E-state index contributed by atoms with van der Waals surface area (Å²) < 4.78 is 18.6. The summed E-state index contributed by atoms with van der Waals surface area (Å²) >= 11 is 0. The van der Waals surface area contributed by atoms with E-state index in [0.29, 0.717) is 17.9 Å². The van der Waals surface area contributed by atoms with E-state index in [1.165, 1.54) is 25.1 Å². The van der Waals surface area contributed by atoms with Gasteiger partial charge in [-0.15, -0.1) is 0 Å². The number of halogens is 1. The first kappa shape index (κ1) is 18.8. The van der Waals surface area contributed by atoms with Crippen LogP contribution in [0.4, 0.5) is 10.1 Å². The van der Waals surface area contributed by atoms with Gasteiger partial charge in [-0.1, -0.05) is 12.1 Å². The molecule has 2 amide bonds. The number of pyridine rings is 1. The van der Waals surface area contributed by atoms with Crippen LogP contribution in [0, 0.1) is 5.82 Å². The van der Waals surface area contributed by atoms with Gasteiger partial charge in [0, 0.05) is 20.1 Å². The van der Waals surface area contributed by atoms with Crippen LogP contribution in [-0.4, -0.2) is 28.5 Å². The van der Waals surface area contributed by atoms with Crippen molar-refractivity contribution in [2.45, 2.75) is 32.4 Å². The maximum Gasteiger partial charge on any atom is 0.274 e. The number of rotatable bonds is 5. The van der Waals surface area contributed by atoms with Crippen LogP contribution in [0.25, 0.3) is 0 Å². The number of nitrogens with zero attached hydrogens (tertiary/aromatic N) is 1. The molecule has 1 aliphatic heterocycles. The highest BCUT2D eigenvalue weighted by atomic mass is 19.1. The summed E-state index contributed by atoms with van der Waals surface area (Å²) in [6, 6.07) is 7.21. The number of hydrogen-bond acceptors (Lipinski definition) is 5. The molecule has 0 radical (unpaired) electrons. The molecule has 1 aromatic heterocycles. The maximum atomic E-state index is 13.0. The van der Waals surface area contributed by atoms with Gasteiger partial charge in [-0.05, 0) is 36.6 Å². The van der Waals surface area contributed by atoms with Crippen LogP contribution in [-0.2, 0) is 16.1 Å². The van der Waals surface area contributed by atoms with Crippen molar-refractivity contribution in [1.29, 1.82) is 0 Å². The van der Waals surface area contributed by atoms with E-state index in [1.807, 2.05) is 0 Å². The number of aromatic hydroxyl groups is 1. The molecule has 3 rings (SSSR count). The van der Waals surface area contributed by atoms with Crippen molar-refractivity contribution in [3.05, 3.63) is 53.1 Å². The number of aromatic nitrogens is 1. The molecule has 0 saturated carbocycles. The number of anilines is 1. The van der Waals surface area contributed by atoms with Crippen LogP contribution in [0.5, 0.6) is 5.75 Å². The van der Waals surface area contributed by atoms with Gasteiger partial charge in [0.15, 0.2) is 11.4 Å². The minimum atomic E-state index is -0.608. The Kier molecular flexibility index (Phi) is 5.66. The molecule has 142 valence electrons. The van der Waals surface area contributed by atoms with Crippen LogP contribution in [0.1, 0.15) is 47.6 Å². The van der Waals surface area contributed by atoms with Crippen molar-refractivity contribution in [2.24, 2.45) is 0 Å². The molecule has 0 bridgehead atoms. The fraction of sp³-hybridized carbons (Fsp3) is 0.316.